The first-order chi connectivity index (χ1) is 9.72. The van der Waals surface area contributed by atoms with Crippen LogP contribution in [0.1, 0.15) is 22.3 Å². The van der Waals surface area contributed by atoms with Crippen LogP contribution in [0, 0.1) is 17.7 Å². The number of aliphatic hydroxyl groups is 1. The molecule has 106 valence electrons. The third-order valence-corrected chi connectivity index (χ3v) is 3.02. The highest BCUT2D eigenvalue weighted by atomic mass is 19.1. The lowest BCUT2D eigenvalue weighted by molar-refractivity contribution is 0.0736. The first kappa shape index (κ1) is 14.5. The molecule has 5 heteroatoms. The topological polar surface area (TPSA) is 49.8 Å². The molecule has 0 bridgehead atoms. The van der Waals surface area contributed by atoms with Crippen LogP contribution in [0.3, 0.4) is 0 Å². The van der Waals surface area contributed by atoms with E-state index in [1.165, 1.54) is 18.2 Å². The number of carbonyl (C=O) groups is 1. The fourth-order valence-corrected chi connectivity index (χ4v) is 2.03. The third kappa shape index (κ3) is 3.56. The molecule has 0 saturated carbocycles. The molecule has 1 saturated heterocycles. The maximum Gasteiger partial charge on any atom is 0.256 e. The summed E-state index contributed by atoms with van der Waals surface area (Å²) in [5, 5.41) is 8.66. The molecule has 1 aliphatic rings. The van der Waals surface area contributed by atoms with Crippen LogP contribution in [0.5, 0.6) is 0 Å². The van der Waals surface area contributed by atoms with Gasteiger partial charge >= 0.3 is 0 Å². The molecule has 0 unspecified atom stereocenters. The van der Waals surface area contributed by atoms with Crippen LogP contribution in [0.15, 0.2) is 18.2 Å². The number of amides is 1. The van der Waals surface area contributed by atoms with E-state index in [2.05, 4.69) is 11.8 Å². The Bertz CT molecular complexity index is 540. The van der Waals surface area contributed by atoms with Crippen LogP contribution in [-0.2, 0) is 4.74 Å². The van der Waals surface area contributed by atoms with Gasteiger partial charge in [0.25, 0.3) is 5.91 Å². The van der Waals surface area contributed by atoms with Crippen LogP contribution in [0.4, 0.5) is 4.39 Å². The zero-order chi connectivity index (χ0) is 14.4. The first-order valence-electron chi connectivity index (χ1n) is 6.48. The molecule has 0 radical (unpaired) electrons. The van der Waals surface area contributed by atoms with Gasteiger partial charge in [0.2, 0.25) is 0 Å². The van der Waals surface area contributed by atoms with E-state index in [1.54, 1.807) is 4.90 Å². The van der Waals surface area contributed by atoms with Gasteiger partial charge in [-0.1, -0.05) is 11.8 Å². The highest BCUT2D eigenvalue weighted by molar-refractivity contribution is 5.94. The molecule has 0 aromatic heterocycles. The molecule has 0 atom stereocenters. The SMILES string of the molecule is O=C(c1cc(C#CCO)ccc1F)N1CCCOCC1. The van der Waals surface area contributed by atoms with Gasteiger partial charge < -0.3 is 14.7 Å². The van der Waals surface area contributed by atoms with E-state index in [-0.39, 0.29) is 18.1 Å². The van der Waals surface area contributed by atoms with Gasteiger partial charge in [0.05, 0.1) is 12.2 Å². The van der Waals surface area contributed by atoms with E-state index < -0.39 is 5.82 Å². The number of hydrogen-bond donors (Lipinski definition) is 1. The van der Waals surface area contributed by atoms with Crippen LogP contribution >= 0.6 is 0 Å². The molecule has 20 heavy (non-hydrogen) atoms. The van der Waals surface area contributed by atoms with E-state index >= 15 is 0 Å². The quantitative estimate of drug-likeness (QED) is 0.780. The number of halogens is 1. The zero-order valence-corrected chi connectivity index (χ0v) is 11.1. The van der Waals surface area contributed by atoms with E-state index in [0.29, 0.717) is 31.9 Å². The molecule has 1 heterocycles. The molecule has 2 rings (SSSR count). The molecular weight excluding hydrogens is 261 g/mol. The number of nitrogens with zero attached hydrogens (tertiary/aromatic N) is 1. The number of benzene rings is 1. The number of ether oxygens (including phenoxy) is 1. The summed E-state index contributed by atoms with van der Waals surface area (Å²) in [4.78, 5) is 13.9. The van der Waals surface area contributed by atoms with Gasteiger partial charge in [-0.3, -0.25) is 4.79 Å². The third-order valence-electron chi connectivity index (χ3n) is 3.02. The Labute approximate surface area is 117 Å². The van der Waals surface area contributed by atoms with E-state index in [0.717, 1.165) is 6.42 Å². The van der Waals surface area contributed by atoms with Gasteiger partial charge in [0.15, 0.2) is 0 Å². The van der Waals surface area contributed by atoms with Gasteiger partial charge in [-0.15, -0.1) is 0 Å². The highest BCUT2D eigenvalue weighted by Crippen LogP contribution is 2.14. The van der Waals surface area contributed by atoms with Gasteiger partial charge in [0.1, 0.15) is 12.4 Å². The van der Waals surface area contributed by atoms with Crippen molar-refractivity contribution in [1.82, 2.24) is 4.90 Å². The Hall–Kier alpha value is -1.90. The van der Waals surface area contributed by atoms with Crippen molar-refractivity contribution in [2.24, 2.45) is 0 Å². The second kappa shape index (κ2) is 7.04. The van der Waals surface area contributed by atoms with Crippen molar-refractivity contribution in [2.45, 2.75) is 6.42 Å². The van der Waals surface area contributed by atoms with Crippen molar-refractivity contribution in [3.8, 4) is 11.8 Å². The van der Waals surface area contributed by atoms with Crippen molar-refractivity contribution >= 4 is 5.91 Å². The van der Waals surface area contributed by atoms with Gasteiger partial charge in [-0.05, 0) is 24.6 Å². The highest BCUT2D eigenvalue weighted by Gasteiger charge is 2.20. The summed E-state index contributed by atoms with van der Waals surface area (Å²) in [6.45, 7) is 1.84. The van der Waals surface area contributed by atoms with Crippen molar-refractivity contribution in [1.29, 1.82) is 0 Å². The summed E-state index contributed by atoms with van der Waals surface area (Å²) in [7, 11) is 0. The molecule has 4 nitrogen and oxygen atoms in total. The summed E-state index contributed by atoms with van der Waals surface area (Å²) < 4.78 is 19.1. The Morgan fingerprint density at radius 2 is 2.25 bits per heavy atom. The summed E-state index contributed by atoms with van der Waals surface area (Å²) in [5.74, 6) is 4.24. The lowest BCUT2D eigenvalue weighted by Crippen LogP contribution is -2.33. The lowest BCUT2D eigenvalue weighted by atomic mass is 10.1. The molecule has 1 fully saturated rings. The van der Waals surface area contributed by atoms with Crippen molar-refractivity contribution in [2.75, 3.05) is 32.9 Å². The Balaban J connectivity index is 2.23. The molecule has 1 amide bonds. The minimum atomic E-state index is -0.560. The van der Waals surface area contributed by atoms with Gasteiger partial charge in [-0.25, -0.2) is 4.39 Å². The summed E-state index contributed by atoms with van der Waals surface area (Å²) in [5.41, 5.74) is 0.520. The fourth-order valence-electron chi connectivity index (χ4n) is 2.03. The molecule has 1 aromatic carbocycles. The summed E-state index contributed by atoms with van der Waals surface area (Å²) in [6.07, 6.45) is 0.747. The van der Waals surface area contributed by atoms with Crippen LogP contribution in [0.2, 0.25) is 0 Å². The Morgan fingerprint density at radius 3 is 3.05 bits per heavy atom. The lowest BCUT2D eigenvalue weighted by Gasteiger charge is -2.20. The van der Waals surface area contributed by atoms with Crippen LogP contribution < -0.4 is 0 Å². The van der Waals surface area contributed by atoms with Crippen molar-refractivity contribution in [3.05, 3.63) is 35.1 Å². The maximum absolute atomic E-state index is 13.8. The number of rotatable bonds is 1. The predicted octanol–water partition coefficient (Wildman–Crippen LogP) is 1.03. The maximum atomic E-state index is 13.8. The number of carbonyl (C=O) groups excluding carboxylic acids is 1. The first-order valence-corrected chi connectivity index (χ1v) is 6.48. The largest absolute Gasteiger partial charge is 0.384 e. The molecule has 1 aliphatic heterocycles. The monoisotopic (exact) mass is 277 g/mol. The average Bonchev–Trinajstić information content (AvgIpc) is 2.75. The van der Waals surface area contributed by atoms with Crippen molar-refractivity contribution in [3.63, 3.8) is 0 Å². The molecule has 1 aromatic rings. The average molecular weight is 277 g/mol. The van der Waals surface area contributed by atoms with E-state index in [1.807, 2.05) is 0 Å². The van der Waals surface area contributed by atoms with Crippen molar-refractivity contribution < 1.29 is 19.0 Å². The molecule has 0 aliphatic carbocycles. The van der Waals surface area contributed by atoms with E-state index in [9.17, 15) is 9.18 Å². The minimum Gasteiger partial charge on any atom is -0.384 e. The van der Waals surface area contributed by atoms with Gasteiger partial charge in [0, 0.05) is 25.3 Å². The standard InChI is InChI=1S/C15H16FNO3/c16-14-5-4-12(3-1-8-18)11-13(14)15(19)17-6-2-9-20-10-7-17/h4-5,11,18H,2,6-10H2. The zero-order valence-electron chi connectivity index (χ0n) is 11.1. The summed E-state index contributed by atoms with van der Waals surface area (Å²) >= 11 is 0. The second-order valence-electron chi connectivity index (χ2n) is 4.41. The van der Waals surface area contributed by atoms with Crippen LogP contribution in [-0.4, -0.2) is 48.8 Å². The Morgan fingerprint density at radius 1 is 1.40 bits per heavy atom. The smallest absolute Gasteiger partial charge is 0.256 e. The molecule has 0 spiro atoms. The van der Waals surface area contributed by atoms with E-state index in [4.69, 9.17) is 9.84 Å². The summed E-state index contributed by atoms with van der Waals surface area (Å²) in [6, 6.07) is 4.13. The Kier molecular flexibility index (Phi) is 5.10. The number of aliphatic hydroxyl groups excluding tert-OH is 1. The van der Waals surface area contributed by atoms with Crippen LogP contribution in [0.25, 0.3) is 0 Å². The molecule has 1 N–H and O–H groups in total. The second-order valence-corrected chi connectivity index (χ2v) is 4.41. The fraction of sp³-hybridized carbons (Fsp3) is 0.400. The number of hydrogen-bond acceptors (Lipinski definition) is 3. The predicted molar refractivity (Wildman–Crippen MR) is 71.7 cm³/mol. The van der Waals surface area contributed by atoms with Gasteiger partial charge in [-0.2, -0.15) is 0 Å². The molecular formula is C15H16FNO3. The normalized spacial score (nSPS) is 15.2. The minimum absolute atomic E-state index is 0.0108.